The minimum atomic E-state index is -0.211. The Balaban J connectivity index is 1.37. The van der Waals surface area contributed by atoms with Crippen molar-refractivity contribution in [3.63, 3.8) is 0 Å². The number of anilines is 1. The molecule has 27 heavy (non-hydrogen) atoms. The average Bonchev–Trinajstić information content (AvgIpc) is 3.33. The summed E-state index contributed by atoms with van der Waals surface area (Å²) in [5, 5.41) is 19.5. The second-order valence-electron chi connectivity index (χ2n) is 6.61. The lowest BCUT2D eigenvalue weighted by molar-refractivity contribution is -0.117. The number of carbonyl (C=O) groups excluding carboxylic acids is 1. The Morgan fingerprint density at radius 1 is 1.19 bits per heavy atom. The normalized spacial score (nSPS) is 16.4. The van der Waals surface area contributed by atoms with E-state index in [0.717, 1.165) is 31.4 Å². The van der Waals surface area contributed by atoms with Gasteiger partial charge in [-0.3, -0.25) is 4.79 Å². The van der Waals surface area contributed by atoms with Crippen LogP contribution in [0.4, 0.5) is 5.82 Å². The van der Waals surface area contributed by atoms with Gasteiger partial charge in [-0.2, -0.15) is 9.90 Å². The molecule has 0 radical (unpaired) electrons. The summed E-state index contributed by atoms with van der Waals surface area (Å²) in [6.07, 6.45) is 9.45. The van der Waals surface area contributed by atoms with Crippen LogP contribution in [-0.4, -0.2) is 35.9 Å². The molecule has 1 amide bonds. The maximum atomic E-state index is 12.4. The van der Waals surface area contributed by atoms with Gasteiger partial charge in [-0.25, -0.2) is 4.68 Å². The van der Waals surface area contributed by atoms with Gasteiger partial charge in [0.05, 0.1) is 6.20 Å². The fraction of sp³-hybridized carbons (Fsp3) is 0.316. The molecule has 0 fully saturated rings. The molecule has 1 N–H and O–H groups in total. The molecule has 2 aromatic heterocycles. The Bertz CT molecular complexity index is 928. The van der Waals surface area contributed by atoms with Gasteiger partial charge in [-0.1, -0.05) is 42.5 Å². The molecule has 1 aliphatic rings. The van der Waals surface area contributed by atoms with Crippen LogP contribution in [-0.2, 0) is 17.9 Å². The van der Waals surface area contributed by atoms with Crippen molar-refractivity contribution in [2.24, 2.45) is 5.92 Å². The molecule has 0 saturated heterocycles. The number of aromatic nitrogens is 6. The van der Waals surface area contributed by atoms with Crippen LogP contribution in [0.1, 0.15) is 19.3 Å². The zero-order chi connectivity index (χ0) is 18.5. The van der Waals surface area contributed by atoms with Crippen LogP contribution in [0.15, 0.2) is 54.7 Å². The molecule has 1 aliphatic carbocycles. The summed E-state index contributed by atoms with van der Waals surface area (Å²) >= 11 is 0. The van der Waals surface area contributed by atoms with Gasteiger partial charge >= 0.3 is 0 Å². The van der Waals surface area contributed by atoms with Crippen molar-refractivity contribution in [2.45, 2.75) is 32.4 Å². The maximum Gasteiger partial charge on any atom is 0.249 e. The van der Waals surface area contributed by atoms with Gasteiger partial charge in [0.15, 0.2) is 0 Å². The number of hydrogen-bond acceptors (Lipinski definition) is 5. The van der Waals surface area contributed by atoms with Crippen molar-refractivity contribution in [1.29, 1.82) is 0 Å². The van der Waals surface area contributed by atoms with Gasteiger partial charge in [0.25, 0.3) is 0 Å². The largest absolute Gasteiger partial charge is 0.309 e. The number of amides is 1. The number of nitrogens with one attached hydrogen (secondary N) is 1. The second kappa shape index (κ2) is 7.94. The smallest absolute Gasteiger partial charge is 0.249 e. The molecule has 1 aromatic carbocycles. The van der Waals surface area contributed by atoms with Gasteiger partial charge in [-0.05, 0) is 30.4 Å². The Kier molecular flexibility index (Phi) is 5.04. The monoisotopic (exact) mass is 363 g/mol. The van der Waals surface area contributed by atoms with Crippen LogP contribution in [0, 0.1) is 5.92 Å². The summed E-state index contributed by atoms with van der Waals surface area (Å²) in [6, 6.07) is 11.4. The van der Waals surface area contributed by atoms with E-state index in [4.69, 9.17) is 0 Å². The lowest BCUT2D eigenvalue weighted by Crippen LogP contribution is -2.23. The molecule has 8 nitrogen and oxygen atoms in total. The summed E-state index contributed by atoms with van der Waals surface area (Å²) in [6.45, 7) is 0.795. The predicted octanol–water partition coefficient (Wildman–Crippen LogP) is 2.53. The zero-order valence-electron chi connectivity index (χ0n) is 14.9. The molecule has 8 heteroatoms. The molecule has 0 saturated carbocycles. The van der Waals surface area contributed by atoms with E-state index in [0.29, 0.717) is 17.6 Å². The molecule has 138 valence electrons. The highest BCUT2D eigenvalue weighted by Crippen LogP contribution is 2.21. The van der Waals surface area contributed by atoms with E-state index in [1.54, 1.807) is 12.3 Å². The van der Waals surface area contributed by atoms with E-state index in [1.165, 1.54) is 4.80 Å². The summed E-state index contributed by atoms with van der Waals surface area (Å²) in [5.41, 5.74) is 0.865. The van der Waals surface area contributed by atoms with Gasteiger partial charge < -0.3 is 5.32 Å². The third-order valence-electron chi connectivity index (χ3n) is 4.56. The Morgan fingerprint density at radius 3 is 2.89 bits per heavy atom. The molecular weight excluding hydrogens is 342 g/mol. The van der Waals surface area contributed by atoms with Crippen LogP contribution < -0.4 is 5.32 Å². The van der Waals surface area contributed by atoms with Crippen molar-refractivity contribution in [1.82, 2.24) is 30.0 Å². The Morgan fingerprint density at radius 2 is 2.07 bits per heavy atom. The second-order valence-corrected chi connectivity index (χ2v) is 6.61. The topological polar surface area (TPSA) is 90.5 Å². The Hall–Kier alpha value is -3.29. The molecule has 1 unspecified atom stereocenters. The number of rotatable bonds is 6. The lowest BCUT2D eigenvalue weighted by Gasteiger charge is -2.19. The first-order valence-electron chi connectivity index (χ1n) is 9.08. The molecular formula is C19H21N7O. The third-order valence-corrected chi connectivity index (χ3v) is 4.56. The molecule has 3 aromatic rings. The molecule has 0 aliphatic heterocycles. The minimum Gasteiger partial charge on any atom is -0.309 e. The molecule has 2 heterocycles. The fourth-order valence-electron chi connectivity index (χ4n) is 3.17. The predicted molar refractivity (Wildman–Crippen MR) is 101 cm³/mol. The molecule has 0 spiro atoms. The van der Waals surface area contributed by atoms with Crippen LogP contribution in [0.5, 0.6) is 0 Å². The van der Waals surface area contributed by atoms with Crippen molar-refractivity contribution in [3.05, 3.63) is 54.7 Å². The number of tetrazole rings is 1. The van der Waals surface area contributed by atoms with E-state index in [-0.39, 0.29) is 12.5 Å². The van der Waals surface area contributed by atoms with E-state index in [9.17, 15) is 4.79 Å². The summed E-state index contributed by atoms with van der Waals surface area (Å²) in [7, 11) is 0. The number of nitrogens with zero attached hydrogens (tertiary/aromatic N) is 6. The Labute approximate surface area is 156 Å². The van der Waals surface area contributed by atoms with Crippen molar-refractivity contribution < 1.29 is 4.79 Å². The molecule has 4 rings (SSSR count). The first-order valence-corrected chi connectivity index (χ1v) is 9.08. The number of allylic oxidation sites excluding steroid dienone is 2. The van der Waals surface area contributed by atoms with Crippen LogP contribution in [0.25, 0.3) is 11.4 Å². The molecule has 0 bridgehead atoms. The fourth-order valence-corrected chi connectivity index (χ4v) is 3.17. The van der Waals surface area contributed by atoms with E-state index in [1.807, 2.05) is 35.0 Å². The average molecular weight is 363 g/mol. The van der Waals surface area contributed by atoms with Crippen molar-refractivity contribution >= 4 is 11.7 Å². The van der Waals surface area contributed by atoms with Gasteiger partial charge in [0.1, 0.15) is 12.4 Å². The van der Waals surface area contributed by atoms with Gasteiger partial charge in [0, 0.05) is 18.2 Å². The highest BCUT2D eigenvalue weighted by molar-refractivity contribution is 5.89. The molecule has 1 atom stereocenters. The standard InChI is InChI=1S/C19H21N7O/c27-18(14-26-23-19(22-24-26)16-9-5-2-6-10-16)21-17-11-12-20-25(17)13-15-7-3-1-4-8-15/h1-3,5-6,9-12,15H,4,7-8,13-14H2,(H,21,27). The summed E-state index contributed by atoms with van der Waals surface area (Å²) in [5.74, 6) is 1.53. The van der Waals surface area contributed by atoms with Gasteiger partial charge in [-0.15, -0.1) is 10.2 Å². The zero-order valence-corrected chi connectivity index (χ0v) is 14.9. The number of benzene rings is 1. The highest BCUT2D eigenvalue weighted by atomic mass is 16.2. The van der Waals surface area contributed by atoms with Crippen LogP contribution >= 0.6 is 0 Å². The van der Waals surface area contributed by atoms with E-state index in [2.05, 4.69) is 38.0 Å². The van der Waals surface area contributed by atoms with Crippen LogP contribution in [0.3, 0.4) is 0 Å². The highest BCUT2D eigenvalue weighted by Gasteiger charge is 2.15. The van der Waals surface area contributed by atoms with Crippen molar-refractivity contribution in [3.8, 4) is 11.4 Å². The third kappa shape index (κ3) is 4.28. The van der Waals surface area contributed by atoms with Crippen molar-refractivity contribution in [2.75, 3.05) is 5.32 Å². The van der Waals surface area contributed by atoms with E-state index >= 15 is 0 Å². The van der Waals surface area contributed by atoms with E-state index < -0.39 is 0 Å². The maximum absolute atomic E-state index is 12.4. The number of carbonyl (C=O) groups is 1. The van der Waals surface area contributed by atoms with Crippen LogP contribution in [0.2, 0.25) is 0 Å². The van der Waals surface area contributed by atoms with Gasteiger partial charge in [0.2, 0.25) is 11.7 Å². The summed E-state index contributed by atoms with van der Waals surface area (Å²) < 4.78 is 1.85. The first-order chi connectivity index (χ1) is 13.3. The number of hydrogen-bond donors (Lipinski definition) is 1. The first kappa shape index (κ1) is 17.1. The quantitative estimate of drug-likeness (QED) is 0.680. The summed E-state index contributed by atoms with van der Waals surface area (Å²) in [4.78, 5) is 13.7. The lowest BCUT2D eigenvalue weighted by atomic mass is 9.94. The minimum absolute atomic E-state index is 0.00280. The SMILES string of the molecule is O=C(Cn1nnc(-c2ccccc2)n1)Nc1ccnn1CC1CC=CCC1.